The third-order valence-corrected chi connectivity index (χ3v) is 6.41. The van der Waals surface area contributed by atoms with Gasteiger partial charge in [-0.1, -0.05) is 38.2 Å². The molecule has 1 saturated carbocycles. The molecule has 1 aromatic rings. The van der Waals surface area contributed by atoms with Crippen molar-refractivity contribution in [2.24, 2.45) is 0 Å². The molecule has 0 aromatic heterocycles. The van der Waals surface area contributed by atoms with Crippen molar-refractivity contribution >= 4 is 26.0 Å². The highest BCUT2D eigenvalue weighted by Crippen LogP contribution is 2.25. The van der Waals surface area contributed by atoms with Gasteiger partial charge in [0.1, 0.15) is 0 Å². The zero-order chi connectivity index (χ0) is 15.3. The quantitative estimate of drug-likeness (QED) is 0.847. The van der Waals surface area contributed by atoms with Crippen molar-refractivity contribution < 1.29 is 13.5 Å². The van der Waals surface area contributed by atoms with Gasteiger partial charge in [-0.3, -0.25) is 0 Å². The van der Waals surface area contributed by atoms with E-state index in [-0.39, 0.29) is 17.5 Å². The Hall–Kier alpha value is -0.430. The van der Waals surface area contributed by atoms with Gasteiger partial charge in [-0.25, -0.2) is 13.1 Å². The first-order chi connectivity index (χ1) is 10.0. The van der Waals surface area contributed by atoms with Crippen molar-refractivity contribution in [3.8, 4) is 0 Å². The Labute approximate surface area is 135 Å². The van der Waals surface area contributed by atoms with Crippen LogP contribution in [0, 0.1) is 0 Å². The second-order valence-electron chi connectivity index (χ2n) is 5.59. The van der Waals surface area contributed by atoms with E-state index in [0.717, 1.165) is 25.7 Å². The Morgan fingerprint density at radius 2 is 1.76 bits per heavy atom. The van der Waals surface area contributed by atoms with Crippen molar-refractivity contribution in [3.63, 3.8) is 0 Å². The minimum atomic E-state index is -3.56. The van der Waals surface area contributed by atoms with E-state index in [2.05, 4.69) is 20.7 Å². The monoisotopic (exact) mass is 375 g/mol. The molecule has 0 bridgehead atoms. The predicted octanol–water partition coefficient (Wildman–Crippen LogP) is 3.33. The first-order valence-corrected chi connectivity index (χ1v) is 9.72. The summed E-state index contributed by atoms with van der Waals surface area (Å²) in [5.41, 5.74) is 0.594. The summed E-state index contributed by atoms with van der Waals surface area (Å²) in [5, 5.41) is 9.18. The minimum absolute atomic E-state index is 0.0139. The topological polar surface area (TPSA) is 66.4 Å². The summed E-state index contributed by atoms with van der Waals surface area (Å²) in [4.78, 5) is 0.205. The van der Waals surface area contributed by atoms with Gasteiger partial charge in [-0.05, 0) is 46.5 Å². The predicted molar refractivity (Wildman–Crippen MR) is 86.5 cm³/mol. The fourth-order valence-corrected chi connectivity index (χ4v) is 5.03. The maximum absolute atomic E-state index is 12.6. The molecule has 0 atom stereocenters. The molecule has 21 heavy (non-hydrogen) atoms. The van der Waals surface area contributed by atoms with Crippen LogP contribution in [0.25, 0.3) is 0 Å². The third kappa shape index (κ3) is 4.77. The van der Waals surface area contributed by atoms with Crippen LogP contribution in [-0.2, 0) is 16.6 Å². The fourth-order valence-electron chi connectivity index (χ4n) is 2.71. The van der Waals surface area contributed by atoms with Crippen LogP contribution in [-0.4, -0.2) is 19.6 Å². The number of halogens is 1. The van der Waals surface area contributed by atoms with E-state index in [9.17, 15) is 13.5 Å². The Bertz CT molecular complexity index is 566. The molecule has 1 aromatic carbocycles. The lowest BCUT2D eigenvalue weighted by Crippen LogP contribution is -2.35. The lowest BCUT2D eigenvalue weighted by Gasteiger charge is -2.21. The average molecular weight is 376 g/mol. The van der Waals surface area contributed by atoms with Crippen LogP contribution in [0.3, 0.4) is 0 Å². The van der Waals surface area contributed by atoms with Crippen molar-refractivity contribution in [2.75, 3.05) is 0 Å². The molecule has 1 aliphatic carbocycles. The number of benzene rings is 1. The highest BCUT2D eigenvalue weighted by atomic mass is 79.9. The molecule has 1 aliphatic rings. The third-order valence-electron chi connectivity index (χ3n) is 3.89. The molecule has 1 fully saturated rings. The van der Waals surface area contributed by atoms with Gasteiger partial charge in [0.2, 0.25) is 10.0 Å². The summed E-state index contributed by atoms with van der Waals surface area (Å²) < 4.78 is 28.5. The average Bonchev–Trinajstić information content (AvgIpc) is 2.42. The van der Waals surface area contributed by atoms with Crippen LogP contribution in [0.2, 0.25) is 0 Å². The maximum atomic E-state index is 12.6. The molecule has 0 aliphatic heterocycles. The van der Waals surface area contributed by atoms with Gasteiger partial charge in [0, 0.05) is 10.5 Å². The van der Waals surface area contributed by atoms with Gasteiger partial charge < -0.3 is 5.11 Å². The molecule has 6 heteroatoms. The van der Waals surface area contributed by atoms with E-state index >= 15 is 0 Å². The zero-order valence-corrected chi connectivity index (χ0v) is 14.4. The second-order valence-corrected chi connectivity index (χ2v) is 8.12. The van der Waals surface area contributed by atoms with E-state index in [1.807, 2.05) is 0 Å². The number of aliphatic hydroxyl groups excluding tert-OH is 1. The van der Waals surface area contributed by atoms with Crippen molar-refractivity contribution in [1.82, 2.24) is 4.72 Å². The largest absolute Gasteiger partial charge is 0.392 e. The highest BCUT2D eigenvalue weighted by molar-refractivity contribution is 9.10. The molecular formula is C15H22BrNO3S. The Kier molecular flexibility index (Phi) is 6.22. The number of nitrogens with one attached hydrogen (secondary N) is 1. The smallest absolute Gasteiger partial charge is 0.241 e. The fraction of sp³-hybridized carbons (Fsp3) is 0.600. The van der Waals surface area contributed by atoms with E-state index in [4.69, 9.17) is 0 Å². The molecule has 0 amide bonds. The van der Waals surface area contributed by atoms with E-state index in [1.165, 1.54) is 25.3 Å². The molecule has 0 saturated heterocycles. The van der Waals surface area contributed by atoms with Crippen molar-refractivity contribution in [1.29, 1.82) is 0 Å². The summed E-state index contributed by atoms with van der Waals surface area (Å²) in [6.07, 6.45) is 7.57. The molecular weight excluding hydrogens is 354 g/mol. The molecule has 2 N–H and O–H groups in total. The Balaban J connectivity index is 2.17. The van der Waals surface area contributed by atoms with E-state index < -0.39 is 10.0 Å². The van der Waals surface area contributed by atoms with Crippen LogP contribution in [0.5, 0.6) is 0 Å². The van der Waals surface area contributed by atoms with Gasteiger partial charge in [0.25, 0.3) is 0 Å². The molecule has 0 radical (unpaired) electrons. The Morgan fingerprint density at radius 1 is 1.14 bits per heavy atom. The molecule has 0 unspecified atom stereocenters. The summed E-state index contributed by atoms with van der Waals surface area (Å²) in [7, 11) is -3.56. The van der Waals surface area contributed by atoms with Crippen LogP contribution in [0.1, 0.15) is 50.5 Å². The van der Waals surface area contributed by atoms with E-state index in [0.29, 0.717) is 10.0 Å². The number of hydrogen-bond donors (Lipinski definition) is 2. The van der Waals surface area contributed by atoms with Crippen molar-refractivity contribution in [3.05, 3.63) is 28.2 Å². The molecule has 0 heterocycles. The lowest BCUT2D eigenvalue weighted by molar-refractivity contribution is 0.281. The number of sulfonamides is 1. The minimum Gasteiger partial charge on any atom is -0.392 e. The normalized spacial score (nSPS) is 18.2. The SMILES string of the molecule is O=S(=O)(NC1CCCCCCC1)c1cc(CO)ccc1Br. The Morgan fingerprint density at radius 3 is 2.38 bits per heavy atom. The highest BCUT2D eigenvalue weighted by Gasteiger charge is 2.23. The van der Waals surface area contributed by atoms with Crippen molar-refractivity contribution in [2.45, 2.75) is 62.5 Å². The van der Waals surface area contributed by atoms with Crippen LogP contribution in [0.15, 0.2) is 27.6 Å². The van der Waals surface area contributed by atoms with Crippen LogP contribution < -0.4 is 4.72 Å². The van der Waals surface area contributed by atoms with Crippen LogP contribution >= 0.6 is 15.9 Å². The first kappa shape index (κ1) is 16.9. The van der Waals surface area contributed by atoms with Gasteiger partial charge in [0.15, 0.2) is 0 Å². The summed E-state index contributed by atoms with van der Waals surface area (Å²) in [5.74, 6) is 0. The molecule has 2 rings (SSSR count). The lowest BCUT2D eigenvalue weighted by atomic mass is 9.97. The van der Waals surface area contributed by atoms with Gasteiger partial charge in [0.05, 0.1) is 11.5 Å². The van der Waals surface area contributed by atoms with Gasteiger partial charge >= 0.3 is 0 Å². The first-order valence-electron chi connectivity index (χ1n) is 7.44. The summed E-state index contributed by atoms with van der Waals surface area (Å²) in [6.45, 7) is -0.167. The second kappa shape index (κ2) is 7.72. The zero-order valence-electron chi connectivity index (χ0n) is 12.0. The maximum Gasteiger partial charge on any atom is 0.241 e. The molecule has 0 spiro atoms. The molecule has 118 valence electrons. The number of aliphatic hydroxyl groups is 1. The van der Waals surface area contributed by atoms with Gasteiger partial charge in [-0.2, -0.15) is 0 Å². The standard InChI is InChI=1S/C15H22BrNO3S/c16-14-9-8-12(11-18)10-15(14)21(19,20)17-13-6-4-2-1-3-5-7-13/h8-10,13,17-18H,1-7,11H2. The number of hydrogen-bond acceptors (Lipinski definition) is 3. The van der Waals surface area contributed by atoms with E-state index in [1.54, 1.807) is 12.1 Å². The number of rotatable bonds is 4. The summed E-state index contributed by atoms with van der Waals surface area (Å²) >= 11 is 3.29. The molecule has 4 nitrogen and oxygen atoms in total. The summed E-state index contributed by atoms with van der Waals surface area (Å²) in [6, 6.07) is 4.91. The van der Waals surface area contributed by atoms with Crippen LogP contribution in [0.4, 0.5) is 0 Å². The van der Waals surface area contributed by atoms with Gasteiger partial charge in [-0.15, -0.1) is 0 Å².